The van der Waals surface area contributed by atoms with E-state index in [1.165, 1.54) is 19.2 Å². The van der Waals surface area contributed by atoms with Crippen molar-refractivity contribution in [1.82, 2.24) is 9.78 Å². The summed E-state index contributed by atoms with van der Waals surface area (Å²) in [7, 11) is 1.45. The maximum atomic E-state index is 12.8. The van der Waals surface area contributed by atoms with Crippen LogP contribution in [0.3, 0.4) is 0 Å². The van der Waals surface area contributed by atoms with E-state index in [1.54, 1.807) is 31.2 Å². The van der Waals surface area contributed by atoms with Crippen LogP contribution in [0.15, 0.2) is 41.2 Å². The molecule has 0 aliphatic carbocycles. The molecule has 2 aromatic carbocycles. The van der Waals surface area contributed by atoms with Crippen LogP contribution in [-0.4, -0.2) is 22.4 Å². The molecule has 0 radical (unpaired) electrons. The molecule has 0 aliphatic rings. The predicted octanol–water partition coefficient (Wildman–Crippen LogP) is 3.08. The smallest absolute Gasteiger partial charge is 0.365 e. The molecule has 1 heterocycles. The monoisotopic (exact) mass is 383 g/mol. The number of halogens is 1. The summed E-state index contributed by atoms with van der Waals surface area (Å²) in [5, 5.41) is 13.9. The minimum Gasteiger partial charge on any atom is -0.490 e. The SMILES string of the molecule is CCOc1cc(C#N)cc(Cl)c1OC(=O)c1nn(C)c(=O)c2ccccc12. The number of nitrogens with zero attached hydrogens (tertiary/aromatic N) is 3. The van der Waals surface area contributed by atoms with E-state index in [0.29, 0.717) is 10.8 Å². The van der Waals surface area contributed by atoms with Gasteiger partial charge >= 0.3 is 5.97 Å². The lowest BCUT2D eigenvalue weighted by Crippen LogP contribution is -2.24. The van der Waals surface area contributed by atoms with Gasteiger partial charge in [-0.25, -0.2) is 9.48 Å². The van der Waals surface area contributed by atoms with Crippen LogP contribution in [0.1, 0.15) is 23.0 Å². The first-order valence-electron chi connectivity index (χ1n) is 8.01. The van der Waals surface area contributed by atoms with Crippen molar-refractivity contribution in [1.29, 1.82) is 5.26 Å². The molecule has 0 unspecified atom stereocenters. The fourth-order valence-electron chi connectivity index (χ4n) is 2.59. The molecule has 0 atom stereocenters. The Morgan fingerprint density at radius 1 is 1.30 bits per heavy atom. The van der Waals surface area contributed by atoms with Gasteiger partial charge in [-0.05, 0) is 19.1 Å². The summed E-state index contributed by atoms with van der Waals surface area (Å²) in [5.74, 6) is -0.638. The summed E-state index contributed by atoms with van der Waals surface area (Å²) in [5.41, 5.74) is -0.0851. The number of aromatic nitrogens is 2. The number of esters is 1. The molecule has 0 aliphatic heterocycles. The number of hydrogen-bond acceptors (Lipinski definition) is 6. The Bertz CT molecular complexity index is 1150. The van der Waals surface area contributed by atoms with Gasteiger partial charge in [-0.3, -0.25) is 4.79 Å². The number of hydrogen-bond donors (Lipinski definition) is 0. The number of ether oxygens (including phenoxy) is 2. The second-order valence-electron chi connectivity index (χ2n) is 5.54. The zero-order chi connectivity index (χ0) is 19.6. The van der Waals surface area contributed by atoms with Crippen LogP contribution in [0.5, 0.6) is 11.5 Å². The van der Waals surface area contributed by atoms with Crippen LogP contribution < -0.4 is 15.0 Å². The van der Waals surface area contributed by atoms with Gasteiger partial charge in [-0.15, -0.1) is 0 Å². The zero-order valence-electron chi connectivity index (χ0n) is 14.5. The molecule has 3 aromatic rings. The summed E-state index contributed by atoms with van der Waals surface area (Å²) >= 11 is 6.17. The molecule has 0 bridgehead atoms. The minimum absolute atomic E-state index is 0.0118. The van der Waals surface area contributed by atoms with E-state index in [9.17, 15) is 9.59 Å². The predicted molar refractivity (Wildman–Crippen MR) is 99.3 cm³/mol. The highest BCUT2D eigenvalue weighted by Crippen LogP contribution is 2.37. The normalized spacial score (nSPS) is 10.4. The van der Waals surface area contributed by atoms with Crippen molar-refractivity contribution in [3.63, 3.8) is 0 Å². The van der Waals surface area contributed by atoms with Crippen LogP contribution in [0, 0.1) is 11.3 Å². The van der Waals surface area contributed by atoms with E-state index in [1.807, 2.05) is 6.07 Å². The minimum atomic E-state index is -0.797. The molecule has 0 amide bonds. The highest BCUT2D eigenvalue weighted by Gasteiger charge is 2.22. The van der Waals surface area contributed by atoms with E-state index in [4.69, 9.17) is 26.3 Å². The summed E-state index contributed by atoms with van der Waals surface area (Å²) in [6.07, 6.45) is 0. The van der Waals surface area contributed by atoms with Crippen molar-refractivity contribution in [2.45, 2.75) is 6.92 Å². The van der Waals surface area contributed by atoms with Gasteiger partial charge in [0.25, 0.3) is 5.56 Å². The van der Waals surface area contributed by atoms with Crippen molar-refractivity contribution < 1.29 is 14.3 Å². The first-order chi connectivity index (χ1) is 13.0. The first-order valence-corrected chi connectivity index (χ1v) is 8.38. The lowest BCUT2D eigenvalue weighted by atomic mass is 10.1. The second kappa shape index (κ2) is 7.48. The van der Waals surface area contributed by atoms with Crippen molar-refractivity contribution in [2.24, 2.45) is 7.05 Å². The van der Waals surface area contributed by atoms with Crippen LogP contribution in [0.2, 0.25) is 5.02 Å². The third kappa shape index (κ3) is 3.48. The number of benzene rings is 2. The first kappa shape index (κ1) is 18.4. The van der Waals surface area contributed by atoms with E-state index >= 15 is 0 Å². The summed E-state index contributed by atoms with van der Waals surface area (Å²) < 4.78 is 11.9. The molecule has 8 heteroatoms. The van der Waals surface area contributed by atoms with Crippen molar-refractivity contribution in [2.75, 3.05) is 6.61 Å². The maximum Gasteiger partial charge on any atom is 0.365 e. The molecule has 27 heavy (non-hydrogen) atoms. The Balaban J connectivity index is 2.10. The molecular formula is C19H14ClN3O4. The van der Waals surface area contributed by atoms with Crippen molar-refractivity contribution >= 4 is 28.3 Å². The van der Waals surface area contributed by atoms with Gasteiger partial charge < -0.3 is 9.47 Å². The summed E-state index contributed by atoms with van der Waals surface area (Å²) in [6.45, 7) is 2.04. The average molecular weight is 384 g/mol. The number of fused-ring (bicyclic) bond motifs is 1. The number of aryl methyl sites for hydroxylation is 1. The molecule has 7 nitrogen and oxygen atoms in total. The standard InChI is InChI=1S/C19H14ClN3O4/c1-3-26-15-9-11(10-21)8-14(20)17(15)27-19(25)16-12-6-4-5-7-13(12)18(24)23(2)22-16/h4-9H,3H2,1-2H3. The van der Waals surface area contributed by atoms with Gasteiger partial charge in [0.05, 0.1) is 28.6 Å². The topological polar surface area (TPSA) is 94.2 Å². The summed E-state index contributed by atoms with van der Waals surface area (Å²) in [4.78, 5) is 25.0. The van der Waals surface area contributed by atoms with Crippen molar-refractivity contribution in [3.8, 4) is 17.6 Å². The third-order valence-electron chi connectivity index (χ3n) is 3.78. The van der Waals surface area contributed by atoms with Gasteiger partial charge in [-0.1, -0.05) is 29.8 Å². The molecule has 0 saturated heterocycles. The Morgan fingerprint density at radius 2 is 2.00 bits per heavy atom. The molecule has 0 fully saturated rings. The molecule has 0 saturated carbocycles. The number of nitriles is 1. The highest BCUT2D eigenvalue weighted by atomic mass is 35.5. The lowest BCUT2D eigenvalue weighted by molar-refractivity contribution is 0.0722. The maximum absolute atomic E-state index is 12.8. The van der Waals surface area contributed by atoms with Gasteiger partial charge in [0.15, 0.2) is 17.2 Å². The second-order valence-corrected chi connectivity index (χ2v) is 5.95. The van der Waals surface area contributed by atoms with Gasteiger partial charge in [0.2, 0.25) is 0 Å². The Hall–Kier alpha value is -3.37. The number of carbonyl (C=O) groups is 1. The van der Waals surface area contributed by atoms with Gasteiger partial charge in [0.1, 0.15) is 0 Å². The van der Waals surface area contributed by atoms with Crippen LogP contribution in [0.25, 0.3) is 10.8 Å². The molecule has 0 spiro atoms. The molecule has 136 valence electrons. The van der Waals surface area contributed by atoms with Crippen LogP contribution in [-0.2, 0) is 7.05 Å². The third-order valence-corrected chi connectivity index (χ3v) is 4.06. The molecule has 0 N–H and O–H groups in total. The number of rotatable bonds is 4. The average Bonchev–Trinajstić information content (AvgIpc) is 2.67. The van der Waals surface area contributed by atoms with Gasteiger partial charge in [-0.2, -0.15) is 10.4 Å². The largest absolute Gasteiger partial charge is 0.490 e. The fourth-order valence-corrected chi connectivity index (χ4v) is 2.84. The van der Waals surface area contributed by atoms with Crippen LogP contribution >= 0.6 is 11.6 Å². The fraction of sp³-hybridized carbons (Fsp3) is 0.158. The summed E-state index contributed by atoms with van der Waals surface area (Å²) in [6, 6.07) is 11.4. The number of carbonyl (C=O) groups excluding carboxylic acids is 1. The Labute approximate surface area is 159 Å². The highest BCUT2D eigenvalue weighted by molar-refractivity contribution is 6.32. The Kier molecular flexibility index (Phi) is 5.10. The Morgan fingerprint density at radius 3 is 2.67 bits per heavy atom. The molecular weight excluding hydrogens is 370 g/mol. The lowest BCUT2D eigenvalue weighted by Gasteiger charge is -2.13. The molecule has 3 rings (SSSR count). The van der Waals surface area contributed by atoms with E-state index in [2.05, 4.69) is 5.10 Å². The zero-order valence-corrected chi connectivity index (χ0v) is 15.3. The molecule has 1 aromatic heterocycles. The van der Waals surface area contributed by atoms with E-state index in [0.717, 1.165) is 4.68 Å². The van der Waals surface area contributed by atoms with E-state index in [-0.39, 0.29) is 39.9 Å². The van der Waals surface area contributed by atoms with Gasteiger partial charge in [0, 0.05) is 18.5 Å². The van der Waals surface area contributed by atoms with E-state index < -0.39 is 5.97 Å². The van der Waals surface area contributed by atoms with Crippen LogP contribution in [0.4, 0.5) is 0 Å². The van der Waals surface area contributed by atoms with Crippen molar-refractivity contribution in [3.05, 3.63) is 63.0 Å². The quantitative estimate of drug-likeness (QED) is 0.507.